The minimum Gasteiger partial charge on any atom is -0.383 e. The highest BCUT2D eigenvalue weighted by Gasteiger charge is 2.09. The monoisotopic (exact) mass is 205 g/mol. The van der Waals surface area contributed by atoms with Crippen molar-refractivity contribution >= 4 is 17.4 Å². The molecule has 0 saturated carbocycles. The third-order valence-corrected chi connectivity index (χ3v) is 2.96. The quantitative estimate of drug-likeness (QED) is 0.777. The Bertz CT molecular complexity index is 442. The van der Waals surface area contributed by atoms with Crippen molar-refractivity contribution < 1.29 is 0 Å². The summed E-state index contributed by atoms with van der Waals surface area (Å²) >= 11 is 1.46. The molecule has 0 fully saturated rings. The van der Waals surface area contributed by atoms with Crippen LogP contribution in [0.3, 0.4) is 0 Å². The molecule has 0 aliphatic heterocycles. The third-order valence-electron chi connectivity index (χ3n) is 2.06. The SMILES string of the molecule is Cc1cc(-c2c(C)ccnc2N)sn1. The fourth-order valence-electron chi connectivity index (χ4n) is 1.38. The zero-order valence-corrected chi connectivity index (χ0v) is 8.93. The number of aryl methyl sites for hydroxylation is 2. The van der Waals surface area contributed by atoms with Gasteiger partial charge in [-0.3, -0.25) is 0 Å². The van der Waals surface area contributed by atoms with Gasteiger partial charge in [0.2, 0.25) is 0 Å². The third kappa shape index (κ3) is 1.48. The van der Waals surface area contributed by atoms with Crippen LogP contribution in [-0.2, 0) is 0 Å². The Morgan fingerprint density at radius 2 is 2.14 bits per heavy atom. The number of rotatable bonds is 1. The Balaban J connectivity index is 2.61. The van der Waals surface area contributed by atoms with Gasteiger partial charge >= 0.3 is 0 Å². The number of pyridine rings is 1. The first-order valence-electron chi connectivity index (χ1n) is 4.33. The van der Waals surface area contributed by atoms with Crippen molar-refractivity contribution in [1.29, 1.82) is 0 Å². The molecule has 0 spiro atoms. The lowest BCUT2D eigenvalue weighted by molar-refractivity contribution is 1.30. The molecule has 3 nitrogen and oxygen atoms in total. The van der Waals surface area contributed by atoms with Gasteiger partial charge < -0.3 is 5.73 Å². The maximum Gasteiger partial charge on any atom is 0.132 e. The molecule has 2 aromatic heterocycles. The summed E-state index contributed by atoms with van der Waals surface area (Å²) in [5.41, 5.74) is 9.00. The van der Waals surface area contributed by atoms with E-state index in [1.54, 1.807) is 6.20 Å². The molecular formula is C10H11N3S. The lowest BCUT2D eigenvalue weighted by atomic mass is 10.1. The molecule has 2 rings (SSSR count). The van der Waals surface area contributed by atoms with E-state index in [-0.39, 0.29) is 0 Å². The van der Waals surface area contributed by atoms with Gasteiger partial charge in [0.1, 0.15) is 5.82 Å². The average molecular weight is 205 g/mol. The van der Waals surface area contributed by atoms with E-state index in [2.05, 4.69) is 9.36 Å². The molecular weight excluding hydrogens is 194 g/mol. The lowest BCUT2D eigenvalue weighted by Gasteiger charge is -2.04. The molecule has 72 valence electrons. The van der Waals surface area contributed by atoms with Gasteiger partial charge in [-0.1, -0.05) is 0 Å². The molecule has 0 radical (unpaired) electrons. The van der Waals surface area contributed by atoms with Crippen LogP contribution >= 0.6 is 11.5 Å². The summed E-state index contributed by atoms with van der Waals surface area (Å²) in [4.78, 5) is 5.17. The molecule has 0 aromatic carbocycles. The summed E-state index contributed by atoms with van der Waals surface area (Å²) in [5.74, 6) is 0.577. The second kappa shape index (κ2) is 3.38. The minimum atomic E-state index is 0.577. The second-order valence-corrected chi connectivity index (χ2v) is 4.03. The first-order valence-corrected chi connectivity index (χ1v) is 5.10. The van der Waals surface area contributed by atoms with E-state index in [4.69, 9.17) is 5.73 Å². The van der Waals surface area contributed by atoms with Crippen LogP contribution in [0.25, 0.3) is 10.4 Å². The van der Waals surface area contributed by atoms with Gasteiger partial charge in [-0.25, -0.2) is 4.98 Å². The van der Waals surface area contributed by atoms with Crippen LogP contribution in [0, 0.1) is 13.8 Å². The van der Waals surface area contributed by atoms with Crippen molar-refractivity contribution in [3.63, 3.8) is 0 Å². The van der Waals surface area contributed by atoms with Crippen LogP contribution in [0.4, 0.5) is 5.82 Å². The number of anilines is 1. The maximum absolute atomic E-state index is 5.83. The number of nitrogens with two attached hydrogens (primary N) is 1. The zero-order valence-electron chi connectivity index (χ0n) is 8.11. The van der Waals surface area contributed by atoms with Crippen molar-refractivity contribution in [1.82, 2.24) is 9.36 Å². The van der Waals surface area contributed by atoms with Crippen LogP contribution in [-0.4, -0.2) is 9.36 Å². The average Bonchev–Trinajstić information content (AvgIpc) is 2.51. The molecule has 2 aromatic rings. The Morgan fingerprint density at radius 1 is 1.36 bits per heavy atom. The van der Waals surface area contributed by atoms with E-state index in [0.717, 1.165) is 21.7 Å². The molecule has 0 atom stereocenters. The number of hydrogen-bond acceptors (Lipinski definition) is 4. The highest BCUT2D eigenvalue weighted by Crippen LogP contribution is 2.31. The van der Waals surface area contributed by atoms with E-state index in [0.29, 0.717) is 5.82 Å². The van der Waals surface area contributed by atoms with E-state index in [9.17, 15) is 0 Å². The predicted octanol–water partition coefficient (Wildman–Crippen LogP) is 2.40. The fourth-order valence-corrected chi connectivity index (χ4v) is 2.26. The largest absolute Gasteiger partial charge is 0.383 e. The van der Waals surface area contributed by atoms with Crippen LogP contribution < -0.4 is 5.73 Å². The molecule has 0 amide bonds. The predicted molar refractivity (Wildman–Crippen MR) is 59.2 cm³/mol. The van der Waals surface area contributed by atoms with Crippen LogP contribution in [0.2, 0.25) is 0 Å². The topological polar surface area (TPSA) is 51.8 Å². The number of hydrogen-bond donors (Lipinski definition) is 1. The summed E-state index contributed by atoms with van der Waals surface area (Å²) in [7, 11) is 0. The number of nitrogens with zero attached hydrogens (tertiary/aromatic N) is 2. The molecule has 0 aliphatic carbocycles. The molecule has 14 heavy (non-hydrogen) atoms. The summed E-state index contributed by atoms with van der Waals surface area (Å²) in [6.07, 6.45) is 1.72. The summed E-state index contributed by atoms with van der Waals surface area (Å²) < 4.78 is 4.23. The van der Waals surface area contributed by atoms with Gasteiger partial charge in [-0.2, -0.15) is 4.37 Å². The van der Waals surface area contributed by atoms with Gasteiger partial charge in [-0.15, -0.1) is 0 Å². The second-order valence-electron chi connectivity index (χ2n) is 3.22. The number of nitrogen functional groups attached to an aromatic ring is 1. The van der Waals surface area contributed by atoms with Crippen LogP contribution in [0.1, 0.15) is 11.3 Å². The fraction of sp³-hybridized carbons (Fsp3) is 0.200. The summed E-state index contributed by atoms with van der Waals surface area (Å²) in [6.45, 7) is 4.00. The van der Waals surface area contributed by atoms with Crippen molar-refractivity contribution in [2.24, 2.45) is 0 Å². The van der Waals surface area contributed by atoms with Gasteiger partial charge in [0.25, 0.3) is 0 Å². The van der Waals surface area contributed by atoms with Gasteiger partial charge in [0.05, 0.1) is 10.6 Å². The summed E-state index contributed by atoms with van der Waals surface area (Å²) in [6, 6.07) is 3.99. The molecule has 0 unspecified atom stereocenters. The van der Waals surface area contributed by atoms with Gasteiger partial charge in [0, 0.05) is 11.8 Å². The smallest absolute Gasteiger partial charge is 0.132 e. The molecule has 0 aliphatic rings. The normalized spacial score (nSPS) is 10.4. The molecule has 2 N–H and O–H groups in total. The minimum absolute atomic E-state index is 0.577. The van der Waals surface area contributed by atoms with E-state index in [1.807, 2.05) is 26.0 Å². The Morgan fingerprint density at radius 3 is 2.71 bits per heavy atom. The lowest BCUT2D eigenvalue weighted by Crippen LogP contribution is -1.94. The van der Waals surface area contributed by atoms with Crippen molar-refractivity contribution in [2.75, 3.05) is 5.73 Å². The van der Waals surface area contributed by atoms with Crippen molar-refractivity contribution in [3.8, 4) is 10.4 Å². The standard InChI is InChI=1S/C10H11N3S/c1-6-3-4-12-10(11)9(6)8-5-7(2)13-14-8/h3-5H,1-2H3,(H2,11,12). The zero-order chi connectivity index (χ0) is 10.1. The molecule has 2 heterocycles. The maximum atomic E-state index is 5.83. The van der Waals surface area contributed by atoms with Crippen LogP contribution in [0.5, 0.6) is 0 Å². The van der Waals surface area contributed by atoms with E-state index < -0.39 is 0 Å². The van der Waals surface area contributed by atoms with Gasteiger partial charge in [0.15, 0.2) is 0 Å². The van der Waals surface area contributed by atoms with Gasteiger partial charge in [-0.05, 0) is 43.1 Å². The Hall–Kier alpha value is -1.42. The highest BCUT2D eigenvalue weighted by atomic mass is 32.1. The number of aromatic nitrogens is 2. The van der Waals surface area contributed by atoms with Crippen molar-refractivity contribution in [2.45, 2.75) is 13.8 Å². The first kappa shape index (κ1) is 9.15. The Kier molecular flexibility index (Phi) is 2.21. The molecule has 0 saturated heterocycles. The molecule has 0 bridgehead atoms. The molecule has 4 heteroatoms. The van der Waals surface area contributed by atoms with Crippen LogP contribution in [0.15, 0.2) is 18.3 Å². The van der Waals surface area contributed by atoms with E-state index in [1.165, 1.54) is 11.5 Å². The van der Waals surface area contributed by atoms with Crippen molar-refractivity contribution in [3.05, 3.63) is 29.6 Å². The Labute approximate surface area is 86.8 Å². The summed E-state index contributed by atoms with van der Waals surface area (Å²) in [5, 5.41) is 0. The highest BCUT2D eigenvalue weighted by molar-refractivity contribution is 7.09. The first-order chi connectivity index (χ1) is 6.68. The van der Waals surface area contributed by atoms with E-state index >= 15 is 0 Å².